The molecule has 0 bridgehead atoms. The van der Waals surface area contributed by atoms with Crippen LogP contribution in [-0.4, -0.2) is 26.2 Å². The lowest BCUT2D eigenvalue weighted by Crippen LogP contribution is -2.19. The van der Waals surface area contributed by atoms with Gasteiger partial charge in [-0.1, -0.05) is 13.3 Å². The van der Waals surface area contributed by atoms with Gasteiger partial charge in [-0.2, -0.15) is 0 Å². The molecule has 0 aromatic carbocycles. The van der Waals surface area contributed by atoms with Gasteiger partial charge >= 0.3 is 0 Å². The van der Waals surface area contributed by atoms with Crippen molar-refractivity contribution in [1.82, 2.24) is 14.5 Å². The lowest BCUT2D eigenvalue weighted by Gasteiger charge is -2.28. The van der Waals surface area contributed by atoms with Crippen LogP contribution < -0.4 is 5.73 Å². The summed E-state index contributed by atoms with van der Waals surface area (Å²) in [5.41, 5.74) is 10.6. The summed E-state index contributed by atoms with van der Waals surface area (Å²) < 4.78 is 2.45. The highest BCUT2D eigenvalue weighted by molar-refractivity contribution is 5.89. The molecule has 1 atom stereocenters. The van der Waals surface area contributed by atoms with Crippen LogP contribution >= 0.6 is 0 Å². The molecule has 5 heteroatoms. The van der Waals surface area contributed by atoms with Crippen molar-refractivity contribution < 1.29 is 5.11 Å². The molecule has 2 aromatic rings. The Labute approximate surface area is 137 Å². The summed E-state index contributed by atoms with van der Waals surface area (Å²) >= 11 is 0. The first-order valence-electron chi connectivity index (χ1n) is 8.94. The number of aryl methyl sites for hydroxylation is 3. The number of nitrogens with zero attached hydrogens (tertiary/aromatic N) is 3. The van der Waals surface area contributed by atoms with Crippen molar-refractivity contribution in [2.45, 2.75) is 71.3 Å². The van der Waals surface area contributed by atoms with E-state index in [1.54, 1.807) is 0 Å². The van der Waals surface area contributed by atoms with E-state index >= 15 is 0 Å². The number of nitrogens with two attached hydrogens (primary N) is 1. The average molecular weight is 316 g/mol. The van der Waals surface area contributed by atoms with Gasteiger partial charge in [0, 0.05) is 24.8 Å². The minimum Gasteiger partial charge on any atom is -0.396 e. The number of aliphatic hydroxyl groups is 1. The van der Waals surface area contributed by atoms with Crippen molar-refractivity contribution in [3.63, 3.8) is 0 Å². The fraction of sp³-hybridized carbons (Fsp3) is 0.667. The molecule has 3 rings (SSSR count). The van der Waals surface area contributed by atoms with Gasteiger partial charge in [-0.15, -0.1) is 0 Å². The molecule has 2 aromatic heterocycles. The largest absolute Gasteiger partial charge is 0.396 e. The molecular weight excluding hydrogens is 288 g/mol. The number of unbranched alkanes of at least 4 members (excludes halogenated alkanes) is 2. The molecule has 0 saturated heterocycles. The fourth-order valence-corrected chi connectivity index (χ4v) is 3.83. The number of aromatic nitrogens is 3. The van der Waals surface area contributed by atoms with Crippen LogP contribution in [0.2, 0.25) is 0 Å². The minimum absolute atomic E-state index is 0.279. The Morgan fingerprint density at radius 1 is 1.26 bits per heavy atom. The summed E-state index contributed by atoms with van der Waals surface area (Å²) in [7, 11) is 0. The van der Waals surface area contributed by atoms with Crippen molar-refractivity contribution in [2.24, 2.45) is 0 Å². The van der Waals surface area contributed by atoms with E-state index in [1.165, 1.54) is 11.1 Å². The van der Waals surface area contributed by atoms with Gasteiger partial charge in [-0.25, -0.2) is 9.97 Å². The summed E-state index contributed by atoms with van der Waals surface area (Å²) in [5.74, 6) is 1.73. The highest BCUT2D eigenvalue weighted by atomic mass is 16.2. The van der Waals surface area contributed by atoms with Gasteiger partial charge in [0.25, 0.3) is 0 Å². The van der Waals surface area contributed by atoms with Gasteiger partial charge in [0.2, 0.25) is 0 Å². The number of hydrogen-bond acceptors (Lipinski definition) is 4. The fourth-order valence-electron chi connectivity index (χ4n) is 3.83. The summed E-state index contributed by atoms with van der Waals surface area (Å²) in [6.45, 7) is 4.55. The number of rotatable bonds is 7. The Kier molecular flexibility index (Phi) is 4.85. The number of anilines is 1. The van der Waals surface area contributed by atoms with Crippen LogP contribution in [0.4, 0.5) is 5.82 Å². The quantitative estimate of drug-likeness (QED) is 0.768. The smallest absolute Gasteiger partial charge is 0.151 e. The minimum atomic E-state index is 0.279. The maximum Gasteiger partial charge on any atom is 0.151 e. The molecule has 0 aliphatic carbocycles. The molecule has 0 spiro atoms. The molecule has 0 saturated carbocycles. The Morgan fingerprint density at radius 2 is 2.09 bits per heavy atom. The van der Waals surface area contributed by atoms with Crippen LogP contribution in [0.15, 0.2) is 0 Å². The molecule has 5 nitrogen and oxygen atoms in total. The predicted molar refractivity (Wildman–Crippen MR) is 93.6 cm³/mol. The van der Waals surface area contributed by atoms with Gasteiger partial charge < -0.3 is 15.4 Å². The van der Waals surface area contributed by atoms with E-state index in [0.29, 0.717) is 11.9 Å². The van der Waals surface area contributed by atoms with Crippen molar-refractivity contribution in [3.8, 4) is 0 Å². The third kappa shape index (κ3) is 2.94. The molecule has 3 heterocycles. The Hall–Kier alpha value is -1.62. The Morgan fingerprint density at radius 3 is 2.83 bits per heavy atom. The van der Waals surface area contributed by atoms with Gasteiger partial charge in [-0.05, 0) is 51.0 Å². The summed E-state index contributed by atoms with van der Waals surface area (Å²) in [6, 6.07) is 0.479. The van der Waals surface area contributed by atoms with Crippen LogP contribution in [0.3, 0.4) is 0 Å². The molecule has 23 heavy (non-hydrogen) atoms. The summed E-state index contributed by atoms with van der Waals surface area (Å²) in [4.78, 5) is 9.38. The van der Waals surface area contributed by atoms with Gasteiger partial charge in [-0.3, -0.25) is 0 Å². The summed E-state index contributed by atoms with van der Waals surface area (Å²) in [5, 5.41) is 9.07. The SMILES string of the molecule is CCCCc1nc2c(N)nc(C)c3c2n1C(CCCCO)CC3. The first kappa shape index (κ1) is 16.2. The van der Waals surface area contributed by atoms with Gasteiger partial charge in [0.05, 0.1) is 5.52 Å². The van der Waals surface area contributed by atoms with Crippen LogP contribution in [0.1, 0.15) is 68.6 Å². The second kappa shape index (κ2) is 6.87. The first-order chi connectivity index (χ1) is 11.2. The molecule has 3 N–H and O–H groups in total. The Balaban J connectivity index is 2.07. The van der Waals surface area contributed by atoms with Crippen molar-refractivity contribution in [2.75, 3.05) is 12.3 Å². The second-order valence-electron chi connectivity index (χ2n) is 6.67. The Bertz CT molecular complexity index is 692. The van der Waals surface area contributed by atoms with E-state index in [1.807, 2.05) is 0 Å². The molecule has 1 aliphatic heterocycles. The van der Waals surface area contributed by atoms with Crippen LogP contribution in [0, 0.1) is 6.92 Å². The number of nitrogen functional groups attached to an aromatic ring is 1. The third-order valence-corrected chi connectivity index (χ3v) is 5.03. The molecule has 126 valence electrons. The topological polar surface area (TPSA) is 77.0 Å². The van der Waals surface area contributed by atoms with Gasteiger partial charge in [0.15, 0.2) is 5.82 Å². The zero-order valence-electron chi connectivity index (χ0n) is 14.3. The van der Waals surface area contributed by atoms with Gasteiger partial charge in [0.1, 0.15) is 11.3 Å². The second-order valence-corrected chi connectivity index (χ2v) is 6.67. The van der Waals surface area contributed by atoms with E-state index in [4.69, 9.17) is 15.8 Å². The third-order valence-electron chi connectivity index (χ3n) is 5.03. The molecule has 0 radical (unpaired) electrons. The van der Waals surface area contributed by atoms with E-state index in [2.05, 4.69) is 23.4 Å². The van der Waals surface area contributed by atoms with E-state index in [0.717, 1.165) is 68.4 Å². The number of imidazole rings is 1. The molecule has 1 unspecified atom stereocenters. The standard InChI is InChI=1S/C18H28N4O/c1-3-4-8-15-21-16-17-14(12(2)20-18(16)19)10-9-13(22(15)17)7-5-6-11-23/h13,23H,3-11H2,1-2H3,(H2,19,20). The predicted octanol–water partition coefficient (Wildman–Crippen LogP) is 3.31. The zero-order chi connectivity index (χ0) is 16.4. The van der Waals surface area contributed by atoms with Crippen molar-refractivity contribution in [1.29, 1.82) is 0 Å². The first-order valence-corrected chi connectivity index (χ1v) is 8.94. The lowest BCUT2D eigenvalue weighted by molar-refractivity contribution is 0.275. The van der Waals surface area contributed by atoms with E-state index in [9.17, 15) is 0 Å². The molecule has 0 amide bonds. The highest BCUT2D eigenvalue weighted by Gasteiger charge is 2.27. The van der Waals surface area contributed by atoms with Crippen LogP contribution in [0.5, 0.6) is 0 Å². The highest BCUT2D eigenvalue weighted by Crippen LogP contribution is 2.38. The monoisotopic (exact) mass is 316 g/mol. The molecule has 1 aliphatic rings. The van der Waals surface area contributed by atoms with E-state index in [-0.39, 0.29) is 6.61 Å². The maximum atomic E-state index is 9.07. The zero-order valence-corrected chi connectivity index (χ0v) is 14.3. The van der Waals surface area contributed by atoms with Crippen LogP contribution in [-0.2, 0) is 12.8 Å². The molecular formula is C18H28N4O. The maximum absolute atomic E-state index is 9.07. The normalized spacial score (nSPS) is 17.1. The number of hydrogen-bond donors (Lipinski definition) is 2. The number of aliphatic hydroxyl groups excluding tert-OH is 1. The van der Waals surface area contributed by atoms with Crippen molar-refractivity contribution >= 4 is 16.9 Å². The lowest BCUT2D eigenvalue weighted by atomic mass is 9.94. The van der Waals surface area contributed by atoms with Crippen LogP contribution in [0.25, 0.3) is 11.0 Å². The van der Waals surface area contributed by atoms with Crippen molar-refractivity contribution in [3.05, 3.63) is 17.1 Å². The molecule has 0 fully saturated rings. The number of pyridine rings is 1. The average Bonchev–Trinajstić information content (AvgIpc) is 2.92. The summed E-state index contributed by atoms with van der Waals surface area (Å²) in [6.07, 6.45) is 8.54. The van der Waals surface area contributed by atoms with E-state index < -0.39 is 0 Å².